The van der Waals surface area contributed by atoms with Crippen LogP contribution in [0.15, 0.2) is 42.5 Å². The Bertz CT molecular complexity index is 1250. The summed E-state index contributed by atoms with van der Waals surface area (Å²) in [5.41, 5.74) is 3.59. The number of nitrogens with zero attached hydrogens (tertiary/aromatic N) is 4. The van der Waals surface area contributed by atoms with Crippen LogP contribution >= 0.6 is 35.2 Å². The summed E-state index contributed by atoms with van der Waals surface area (Å²) in [6.45, 7) is 3.84. The molecule has 0 unspecified atom stereocenters. The maximum Gasteiger partial charge on any atom is 0.234 e. The van der Waals surface area contributed by atoms with Gasteiger partial charge in [-0.15, -0.1) is 10.2 Å². The summed E-state index contributed by atoms with van der Waals surface area (Å²) >= 11 is 12.7. The van der Waals surface area contributed by atoms with E-state index in [4.69, 9.17) is 23.8 Å². The van der Waals surface area contributed by atoms with Crippen molar-refractivity contribution >= 4 is 56.8 Å². The zero-order chi connectivity index (χ0) is 21.3. The molecule has 2 aromatic heterocycles. The number of nitrogens with one attached hydrogen (secondary N) is 2. The quantitative estimate of drug-likeness (QED) is 0.448. The molecule has 0 saturated heterocycles. The number of thiocarbonyl (C=S) groups is 1. The molecule has 0 atom stereocenters. The molecular formula is C20H17ClN6OS2. The minimum atomic E-state index is -0.201. The third-order valence-corrected chi connectivity index (χ3v) is 5.88. The lowest BCUT2D eigenvalue weighted by molar-refractivity contribution is -0.119. The Morgan fingerprint density at radius 2 is 1.93 bits per heavy atom. The van der Waals surface area contributed by atoms with Crippen LogP contribution in [0.1, 0.15) is 17.0 Å². The van der Waals surface area contributed by atoms with E-state index in [0.29, 0.717) is 5.02 Å². The Morgan fingerprint density at radius 3 is 2.67 bits per heavy atom. The average molecular weight is 457 g/mol. The summed E-state index contributed by atoms with van der Waals surface area (Å²) in [5.74, 6) is 0.539. The van der Waals surface area contributed by atoms with E-state index >= 15 is 0 Å². The van der Waals surface area contributed by atoms with Crippen molar-refractivity contribution in [3.05, 3.63) is 64.4 Å². The van der Waals surface area contributed by atoms with Crippen LogP contribution in [0, 0.1) is 13.8 Å². The van der Waals surface area contributed by atoms with Gasteiger partial charge >= 0.3 is 0 Å². The van der Waals surface area contributed by atoms with Crippen LogP contribution in [0.3, 0.4) is 0 Å². The second-order valence-corrected chi connectivity index (χ2v) is 8.43. The molecule has 30 heavy (non-hydrogen) atoms. The highest BCUT2D eigenvalue weighted by molar-refractivity contribution is 7.80. The summed E-state index contributed by atoms with van der Waals surface area (Å²) in [6.07, 6.45) is 0.213. The Balaban J connectivity index is 1.46. The van der Waals surface area contributed by atoms with E-state index in [0.717, 1.165) is 38.2 Å². The number of rotatable bonds is 4. The summed E-state index contributed by atoms with van der Waals surface area (Å²) in [7, 11) is 0. The largest absolute Gasteiger partial charge is 0.332 e. The van der Waals surface area contributed by atoms with Gasteiger partial charge in [0.2, 0.25) is 10.9 Å². The van der Waals surface area contributed by atoms with Crippen LogP contribution in [0.25, 0.3) is 15.5 Å². The van der Waals surface area contributed by atoms with E-state index in [2.05, 4.69) is 25.9 Å². The van der Waals surface area contributed by atoms with E-state index in [1.54, 1.807) is 16.6 Å². The van der Waals surface area contributed by atoms with Gasteiger partial charge in [-0.25, -0.2) is 0 Å². The van der Waals surface area contributed by atoms with E-state index in [9.17, 15) is 4.79 Å². The van der Waals surface area contributed by atoms with Crippen LogP contribution in [0.2, 0.25) is 5.02 Å². The van der Waals surface area contributed by atoms with Gasteiger partial charge in [0.1, 0.15) is 5.01 Å². The van der Waals surface area contributed by atoms with Gasteiger partial charge in [-0.05, 0) is 55.4 Å². The third-order valence-electron chi connectivity index (χ3n) is 4.49. The number of halogens is 1. The number of hydrogen-bond donors (Lipinski definition) is 2. The van der Waals surface area contributed by atoms with Crippen molar-refractivity contribution < 1.29 is 4.79 Å². The molecule has 0 fully saturated rings. The summed E-state index contributed by atoms with van der Waals surface area (Å²) in [6, 6.07) is 12.9. The number of aromatic nitrogens is 4. The normalized spacial score (nSPS) is 10.9. The van der Waals surface area contributed by atoms with E-state index in [1.165, 1.54) is 11.3 Å². The van der Waals surface area contributed by atoms with Crippen LogP contribution in [0.5, 0.6) is 0 Å². The molecule has 4 aromatic rings. The number of anilines is 1. The van der Waals surface area contributed by atoms with Crippen molar-refractivity contribution in [2.75, 3.05) is 5.32 Å². The molecule has 1 amide bonds. The zero-order valence-electron chi connectivity index (χ0n) is 16.1. The molecule has 0 radical (unpaired) electrons. The minimum absolute atomic E-state index is 0.201. The van der Waals surface area contributed by atoms with E-state index in [1.807, 2.05) is 44.2 Å². The molecule has 0 saturated carbocycles. The first-order chi connectivity index (χ1) is 14.4. The van der Waals surface area contributed by atoms with Gasteiger partial charge in [0, 0.05) is 16.3 Å². The second-order valence-electron chi connectivity index (χ2n) is 6.63. The molecule has 0 bridgehead atoms. The monoisotopic (exact) mass is 456 g/mol. The van der Waals surface area contributed by atoms with Crippen molar-refractivity contribution in [3.8, 4) is 10.6 Å². The first-order valence-electron chi connectivity index (χ1n) is 9.05. The number of hydrogen-bond acceptors (Lipinski definition) is 6. The Hall–Kier alpha value is -2.88. The first-order valence-corrected chi connectivity index (χ1v) is 10.6. The molecule has 2 heterocycles. The molecule has 152 valence electrons. The maximum absolute atomic E-state index is 12.3. The van der Waals surface area contributed by atoms with Crippen molar-refractivity contribution in [1.29, 1.82) is 0 Å². The predicted octanol–water partition coefficient (Wildman–Crippen LogP) is 4.18. The van der Waals surface area contributed by atoms with Gasteiger partial charge in [-0.2, -0.15) is 9.61 Å². The maximum atomic E-state index is 12.3. The third kappa shape index (κ3) is 4.33. The Kier molecular flexibility index (Phi) is 5.76. The topological polar surface area (TPSA) is 84.2 Å². The second kappa shape index (κ2) is 8.47. The van der Waals surface area contributed by atoms with Gasteiger partial charge in [0.05, 0.1) is 6.42 Å². The number of carbonyl (C=O) groups is 1. The van der Waals surface area contributed by atoms with Crippen molar-refractivity contribution in [2.24, 2.45) is 0 Å². The zero-order valence-corrected chi connectivity index (χ0v) is 18.5. The highest BCUT2D eigenvalue weighted by Gasteiger charge is 2.15. The van der Waals surface area contributed by atoms with Gasteiger partial charge in [-0.1, -0.05) is 47.2 Å². The van der Waals surface area contributed by atoms with Crippen LogP contribution < -0.4 is 10.6 Å². The summed E-state index contributed by atoms with van der Waals surface area (Å²) in [4.78, 5) is 13.0. The number of aryl methyl sites for hydroxylation is 1. The molecule has 0 aliphatic heterocycles. The fourth-order valence-electron chi connectivity index (χ4n) is 2.94. The van der Waals surface area contributed by atoms with Gasteiger partial charge in [-0.3, -0.25) is 4.79 Å². The van der Waals surface area contributed by atoms with E-state index in [-0.39, 0.29) is 17.4 Å². The number of carbonyl (C=O) groups excluding carboxylic acids is 1. The van der Waals surface area contributed by atoms with Crippen molar-refractivity contribution in [1.82, 2.24) is 25.1 Å². The SMILES string of the molecule is Cc1c(NC(=S)NC(=O)Cc2ccc(Cl)cc2)cccc1-c1nn2c(C)nnc2s1. The molecule has 2 aromatic carbocycles. The smallest absolute Gasteiger partial charge is 0.234 e. The molecule has 10 heteroatoms. The first kappa shape index (κ1) is 20.4. The minimum Gasteiger partial charge on any atom is -0.332 e. The van der Waals surface area contributed by atoms with E-state index < -0.39 is 0 Å². The van der Waals surface area contributed by atoms with Gasteiger partial charge < -0.3 is 10.6 Å². The Labute approximate surface area is 187 Å². The average Bonchev–Trinajstić information content (AvgIpc) is 3.27. The standard InChI is InChI=1S/C20H17ClN6OS2/c1-11-15(18-26-27-12(2)24-25-20(27)30-18)4-3-5-16(11)22-19(29)23-17(28)10-13-6-8-14(21)9-7-13/h3-9H,10H2,1-2H3,(H2,22,23,28,29). The predicted molar refractivity (Wildman–Crippen MR) is 123 cm³/mol. The Morgan fingerprint density at radius 1 is 1.17 bits per heavy atom. The molecule has 2 N–H and O–H groups in total. The lowest BCUT2D eigenvalue weighted by Crippen LogP contribution is -2.35. The number of fused-ring (bicyclic) bond motifs is 1. The lowest BCUT2D eigenvalue weighted by Gasteiger charge is -2.13. The molecule has 4 rings (SSSR count). The number of amides is 1. The van der Waals surface area contributed by atoms with Crippen LogP contribution in [-0.2, 0) is 11.2 Å². The number of benzene rings is 2. The van der Waals surface area contributed by atoms with Crippen LogP contribution in [0.4, 0.5) is 5.69 Å². The molecular weight excluding hydrogens is 440 g/mol. The van der Waals surface area contributed by atoms with Gasteiger partial charge in [0.25, 0.3) is 0 Å². The summed E-state index contributed by atoms with van der Waals surface area (Å²) in [5, 5.41) is 20.3. The summed E-state index contributed by atoms with van der Waals surface area (Å²) < 4.78 is 1.72. The fraction of sp³-hybridized carbons (Fsp3) is 0.150. The van der Waals surface area contributed by atoms with Crippen LogP contribution in [-0.4, -0.2) is 30.8 Å². The van der Waals surface area contributed by atoms with Crippen molar-refractivity contribution in [3.63, 3.8) is 0 Å². The van der Waals surface area contributed by atoms with Crippen molar-refractivity contribution in [2.45, 2.75) is 20.3 Å². The molecule has 0 aliphatic rings. The lowest BCUT2D eigenvalue weighted by atomic mass is 10.1. The van der Waals surface area contributed by atoms with Gasteiger partial charge in [0.15, 0.2) is 10.9 Å². The highest BCUT2D eigenvalue weighted by atomic mass is 35.5. The molecule has 0 spiro atoms. The molecule has 0 aliphatic carbocycles. The molecule has 7 nitrogen and oxygen atoms in total. The highest BCUT2D eigenvalue weighted by Crippen LogP contribution is 2.31. The fourth-order valence-corrected chi connectivity index (χ4v) is 4.26.